The number of rotatable bonds is 4. The first-order valence-electron chi connectivity index (χ1n) is 8.47. The first kappa shape index (κ1) is 16.2. The number of ether oxygens (including phenoxy) is 1. The van der Waals surface area contributed by atoms with Gasteiger partial charge in [0, 0.05) is 12.6 Å². The summed E-state index contributed by atoms with van der Waals surface area (Å²) >= 11 is 0. The van der Waals surface area contributed by atoms with Gasteiger partial charge in [-0.3, -0.25) is 0 Å². The number of hydrogen-bond donors (Lipinski definition) is 2. The fraction of sp³-hybridized carbons (Fsp3) is 0.611. The lowest BCUT2D eigenvalue weighted by Gasteiger charge is -2.30. The van der Waals surface area contributed by atoms with Crippen molar-refractivity contribution in [2.75, 3.05) is 6.61 Å². The fourth-order valence-electron chi connectivity index (χ4n) is 3.14. The van der Waals surface area contributed by atoms with Crippen LogP contribution in [0.4, 0.5) is 9.18 Å². The third-order valence-electron chi connectivity index (χ3n) is 4.84. The van der Waals surface area contributed by atoms with Gasteiger partial charge in [0.05, 0.1) is 12.1 Å². The lowest BCUT2D eigenvalue weighted by molar-refractivity contribution is -0.00917. The molecule has 2 amide bonds. The van der Waals surface area contributed by atoms with Gasteiger partial charge in [0.15, 0.2) is 0 Å². The van der Waals surface area contributed by atoms with Gasteiger partial charge in [-0.2, -0.15) is 0 Å². The molecule has 0 spiro atoms. The second-order valence-electron chi connectivity index (χ2n) is 6.82. The molecular weight excluding hydrogens is 295 g/mol. The topological polar surface area (TPSA) is 50.4 Å². The van der Waals surface area contributed by atoms with Crippen molar-refractivity contribution < 1.29 is 13.9 Å². The minimum atomic E-state index is -0.242. The number of hydrogen-bond acceptors (Lipinski definition) is 2. The van der Waals surface area contributed by atoms with Gasteiger partial charge in [0.25, 0.3) is 0 Å². The fourth-order valence-corrected chi connectivity index (χ4v) is 3.14. The molecule has 2 fully saturated rings. The molecule has 0 unspecified atom stereocenters. The van der Waals surface area contributed by atoms with Gasteiger partial charge >= 0.3 is 6.03 Å². The monoisotopic (exact) mass is 320 g/mol. The number of benzene rings is 1. The quantitative estimate of drug-likeness (QED) is 0.893. The van der Waals surface area contributed by atoms with Crippen molar-refractivity contribution in [3.63, 3.8) is 0 Å². The van der Waals surface area contributed by atoms with Gasteiger partial charge in [0.2, 0.25) is 0 Å². The Bertz CT molecular complexity index is 574. The highest BCUT2D eigenvalue weighted by molar-refractivity contribution is 5.74. The Morgan fingerprint density at radius 2 is 2.13 bits per heavy atom. The molecule has 1 aliphatic carbocycles. The summed E-state index contributed by atoms with van der Waals surface area (Å²) in [5.74, 6) is 0.449. The number of halogens is 1. The highest BCUT2D eigenvalue weighted by Gasteiger charge is 2.36. The summed E-state index contributed by atoms with van der Waals surface area (Å²) in [6.07, 6.45) is 4.55. The smallest absolute Gasteiger partial charge is 0.315 e. The van der Waals surface area contributed by atoms with Crippen LogP contribution in [-0.2, 0) is 4.74 Å². The molecule has 1 aliphatic heterocycles. The molecule has 5 heteroatoms. The third-order valence-corrected chi connectivity index (χ3v) is 4.84. The summed E-state index contributed by atoms with van der Waals surface area (Å²) in [6.45, 7) is 4.30. The molecular formula is C18H25FN2O2. The molecule has 0 bridgehead atoms. The van der Waals surface area contributed by atoms with Crippen LogP contribution in [0.15, 0.2) is 18.2 Å². The Balaban J connectivity index is 1.50. The summed E-state index contributed by atoms with van der Waals surface area (Å²) in [7, 11) is 0. The van der Waals surface area contributed by atoms with Crippen LogP contribution in [0.5, 0.6) is 0 Å². The van der Waals surface area contributed by atoms with Crippen LogP contribution in [0.1, 0.15) is 49.8 Å². The Morgan fingerprint density at radius 3 is 2.83 bits per heavy atom. The van der Waals surface area contributed by atoms with Gasteiger partial charge in [-0.1, -0.05) is 12.1 Å². The predicted molar refractivity (Wildman–Crippen MR) is 86.7 cm³/mol. The van der Waals surface area contributed by atoms with E-state index in [9.17, 15) is 9.18 Å². The largest absolute Gasteiger partial charge is 0.378 e. The Labute approximate surface area is 136 Å². The van der Waals surface area contributed by atoms with E-state index in [1.165, 1.54) is 18.9 Å². The van der Waals surface area contributed by atoms with E-state index in [4.69, 9.17) is 4.74 Å². The Hall–Kier alpha value is -1.62. The van der Waals surface area contributed by atoms with Gasteiger partial charge in [0.1, 0.15) is 5.82 Å². The molecule has 2 aliphatic rings. The van der Waals surface area contributed by atoms with Crippen molar-refractivity contribution in [3.05, 3.63) is 35.1 Å². The summed E-state index contributed by atoms with van der Waals surface area (Å²) in [5, 5.41) is 5.93. The molecule has 0 aromatic heterocycles. The van der Waals surface area contributed by atoms with Crippen molar-refractivity contribution in [2.24, 2.45) is 5.92 Å². The Kier molecular flexibility index (Phi) is 4.85. The second-order valence-corrected chi connectivity index (χ2v) is 6.82. The van der Waals surface area contributed by atoms with E-state index in [2.05, 4.69) is 10.6 Å². The van der Waals surface area contributed by atoms with Crippen molar-refractivity contribution >= 4 is 6.03 Å². The summed E-state index contributed by atoms with van der Waals surface area (Å²) in [4.78, 5) is 12.2. The summed E-state index contributed by atoms with van der Waals surface area (Å²) in [6, 6.07) is 4.80. The minimum Gasteiger partial charge on any atom is -0.378 e. The number of nitrogens with one attached hydrogen (secondary N) is 2. The van der Waals surface area contributed by atoms with Gasteiger partial charge in [-0.05, 0) is 62.6 Å². The zero-order valence-electron chi connectivity index (χ0n) is 13.8. The van der Waals surface area contributed by atoms with Crippen LogP contribution in [0.3, 0.4) is 0 Å². The molecule has 3 rings (SSSR count). The SMILES string of the molecule is Cc1ccc([C@H](C)NC(=O)N[C@H]2CCO[C@H](C3CC3)C2)cc1F. The molecule has 1 aromatic rings. The summed E-state index contributed by atoms with van der Waals surface area (Å²) < 4.78 is 19.4. The second kappa shape index (κ2) is 6.87. The van der Waals surface area contributed by atoms with Gasteiger partial charge in [-0.25, -0.2) is 9.18 Å². The number of aryl methyl sites for hydroxylation is 1. The van der Waals surface area contributed by atoms with E-state index in [0.29, 0.717) is 24.2 Å². The van der Waals surface area contributed by atoms with E-state index >= 15 is 0 Å². The van der Waals surface area contributed by atoms with Crippen molar-refractivity contribution in [2.45, 2.75) is 57.7 Å². The lowest BCUT2D eigenvalue weighted by Crippen LogP contribution is -2.47. The normalized spacial score (nSPS) is 25.7. The molecule has 3 atom stereocenters. The maximum absolute atomic E-state index is 13.6. The van der Waals surface area contributed by atoms with E-state index in [-0.39, 0.29) is 23.9 Å². The maximum Gasteiger partial charge on any atom is 0.315 e. The van der Waals surface area contributed by atoms with Crippen LogP contribution < -0.4 is 10.6 Å². The zero-order valence-corrected chi connectivity index (χ0v) is 13.8. The minimum absolute atomic E-state index is 0.163. The first-order valence-corrected chi connectivity index (χ1v) is 8.47. The number of carbonyl (C=O) groups excluding carboxylic acids is 1. The predicted octanol–water partition coefficient (Wildman–Crippen LogP) is 3.45. The number of urea groups is 1. The van der Waals surface area contributed by atoms with E-state index in [1.54, 1.807) is 13.0 Å². The van der Waals surface area contributed by atoms with Gasteiger partial charge in [-0.15, -0.1) is 0 Å². The van der Waals surface area contributed by atoms with Crippen LogP contribution in [-0.4, -0.2) is 24.8 Å². The standard InChI is InChI=1S/C18H25FN2O2/c1-11-3-4-14(9-16(11)19)12(2)20-18(22)21-15-7-8-23-17(10-15)13-5-6-13/h3-4,9,12-13,15,17H,5-8,10H2,1-2H3,(H2,20,21,22)/t12-,15-,17-/m0/s1. The van der Waals surface area contributed by atoms with E-state index in [0.717, 1.165) is 18.4 Å². The van der Waals surface area contributed by atoms with Crippen molar-refractivity contribution in [1.29, 1.82) is 0 Å². The van der Waals surface area contributed by atoms with E-state index < -0.39 is 0 Å². The first-order chi connectivity index (χ1) is 11.0. The summed E-state index contributed by atoms with van der Waals surface area (Å²) in [5.41, 5.74) is 1.38. The molecule has 1 saturated heterocycles. The van der Waals surface area contributed by atoms with Crippen LogP contribution in [0.25, 0.3) is 0 Å². The molecule has 2 N–H and O–H groups in total. The average Bonchev–Trinajstić information content (AvgIpc) is 3.35. The third kappa shape index (κ3) is 4.22. The van der Waals surface area contributed by atoms with Crippen molar-refractivity contribution in [3.8, 4) is 0 Å². The molecule has 23 heavy (non-hydrogen) atoms. The van der Waals surface area contributed by atoms with Gasteiger partial charge < -0.3 is 15.4 Å². The molecule has 4 nitrogen and oxygen atoms in total. The van der Waals surface area contributed by atoms with Crippen LogP contribution in [0.2, 0.25) is 0 Å². The van der Waals surface area contributed by atoms with Crippen LogP contribution in [0, 0.1) is 18.7 Å². The van der Waals surface area contributed by atoms with Crippen LogP contribution >= 0.6 is 0 Å². The number of carbonyl (C=O) groups is 1. The number of amides is 2. The molecule has 0 radical (unpaired) electrons. The van der Waals surface area contributed by atoms with E-state index in [1.807, 2.05) is 13.0 Å². The van der Waals surface area contributed by atoms with Crippen molar-refractivity contribution in [1.82, 2.24) is 10.6 Å². The molecule has 1 aromatic carbocycles. The zero-order chi connectivity index (χ0) is 16.4. The molecule has 126 valence electrons. The molecule has 1 saturated carbocycles. The maximum atomic E-state index is 13.6. The Morgan fingerprint density at radius 1 is 1.35 bits per heavy atom. The lowest BCUT2D eigenvalue weighted by atomic mass is 10.0. The average molecular weight is 320 g/mol. The highest BCUT2D eigenvalue weighted by Crippen LogP contribution is 2.38. The highest BCUT2D eigenvalue weighted by atomic mass is 19.1. The molecule has 1 heterocycles.